The number of nitrogens with zero attached hydrogens (tertiary/aromatic N) is 2. The molecule has 0 radical (unpaired) electrons. The van der Waals surface area contributed by atoms with E-state index in [1.807, 2.05) is 6.07 Å². The minimum Gasteiger partial charge on any atom is -0.256 e. The SMILES string of the molecule is CC1=CC(c2cc(C#N)ccn2)=CCC1. The van der Waals surface area contributed by atoms with Gasteiger partial charge in [-0.1, -0.05) is 17.7 Å². The lowest BCUT2D eigenvalue weighted by Crippen LogP contribution is -1.93. The minimum atomic E-state index is 0.664. The fourth-order valence-corrected chi connectivity index (χ4v) is 1.69. The van der Waals surface area contributed by atoms with E-state index in [0.29, 0.717) is 5.56 Å². The summed E-state index contributed by atoms with van der Waals surface area (Å²) in [5, 5.41) is 8.80. The topological polar surface area (TPSA) is 36.7 Å². The Kier molecular flexibility index (Phi) is 2.64. The molecule has 74 valence electrons. The molecule has 1 heterocycles. The van der Waals surface area contributed by atoms with Crippen LogP contribution in [0.1, 0.15) is 31.0 Å². The number of pyridine rings is 1. The van der Waals surface area contributed by atoms with Gasteiger partial charge >= 0.3 is 0 Å². The van der Waals surface area contributed by atoms with Crippen LogP contribution in [-0.4, -0.2) is 4.98 Å². The fraction of sp³-hybridized carbons (Fsp3) is 0.231. The third-order valence-corrected chi connectivity index (χ3v) is 2.49. The lowest BCUT2D eigenvalue weighted by atomic mass is 9.98. The highest BCUT2D eigenvalue weighted by Gasteiger charge is 2.06. The fourth-order valence-electron chi connectivity index (χ4n) is 1.69. The summed E-state index contributed by atoms with van der Waals surface area (Å²) in [5.41, 5.74) is 4.07. The predicted octanol–water partition coefficient (Wildman–Crippen LogP) is 3.08. The van der Waals surface area contributed by atoms with E-state index < -0.39 is 0 Å². The zero-order valence-corrected chi connectivity index (χ0v) is 8.70. The predicted molar refractivity (Wildman–Crippen MR) is 59.9 cm³/mol. The maximum absolute atomic E-state index is 8.80. The normalized spacial score (nSPS) is 15.2. The lowest BCUT2D eigenvalue weighted by molar-refractivity contribution is 0.963. The van der Waals surface area contributed by atoms with Crippen molar-refractivity contribution in [1.82, 2.24) is 4.98 Å². The van der Waals surface area contributed by atoms with Crippen molar-refractivity contribution in [2.75, 3.05) is 0 Å². The summed E-state index contributed by atoms with van der Waals surface area (Å²) in [5.74, 6) is 0. The molecule has 1 aliphatic carbocycles. The van der Waals surface area contributed by atoms with Crippen molar-refractivity contribution in [2.45, 2.75) is 19.8 Å². The first-order valence-electron chi connectivity index (χ1n) is 5.03. The van der Waals surface area contributed by atoms with Crippen molar-refractivity contribution in [3.8, 4) is 6.07 Å². The molecule has 2 heteroatoms. The van der Waals surface area contributed by atoms with E-state index in [1.165, 1.54) is 5.57 Å². The van der Waals surface area contributed by atoms with Crippen molar-refractivity contribution in [1.29, 1.82) is 5.26 Å². The van der Waals surface area contributed by atoms with Gasteiger partial charge in [-0.25, -0.2) is 0 Å². The van der Waals surface area contributed by atoms with Gasteiger partial charge in [-0.15, -0.1) is 0 Å². The zero-order chi connectivity index (χ0) is 10.7. The van der Waals surface area contributed by atoms with Gasteiger partial charge in [0.1, 0.15) is 0 Å². The van der Waals surface area contributed by atoms with Gasteiger partial charge in [-0.2, -0.15) is 5.26 Å². The first-order chi connectivity index (χ1) is 7.29. The Morgan fingerprint density at radius 1 is 1.47 bits per heavy atom. The molecule has 1 aromatic heterocycles. The molecule has 0 amide bonds. The molecule has 1 aromatic rings. The molecular weight excluding hydrogens is 184 g/mol. The Bertz CT molecular complexity index is 476. The summed E-state index contributed by atoms with van der Waals surface area (Å²) in [4.78, 5) is 4.28. The molecule has 0 aromatic carbocycles. The van der Waals surface area contributed by atoms with Gasteiger partial charge in [0.15, 0.2) is 0 Å². The Balaban J connectivity index is 2.38. The second-order valence-electron chi connectivity index (χ2n) is 3.73. The van der Waals surface area contributed by atoms with Gasteiger partial charge in [0.05, 0.1) is 17.3 Å². The standard InChI is InChI=1S/C13H12N2/c1-10-3-2-4-12(7-10)13-8-11(9-14)5-6-15-13/h4-8H,2-3H2,1H3. The van der Waals surface area contributed by atoms with Crippen molar-refractivity contribution in [3.63, 3.8) is 0 Å². The molecule has 0 bridgehead atoms. The van der Waals surface area contributed by atoms with Gasteiger partial charge in [-0.3, -0.25) is 4.98 Å². The Labute approximate surface area is 89.6 Å². The van der Waals surface area contributed by atoms with Crippen LogP contribution in [0.25, 0.3) is 5.57 Å². The molecule has 0 saturated heterocycles. The Hall–Kier alpha value is -1.88. The summed E-state index contributed by atoms with van der Waals surface area (Å²) in [6, 6.07) is 5.69. The number of rotatable bonds is 1. The zero-order valence-electron chi connectivity index (χ0n) is 8.70. The van der Waals surface area contributed by atoms with Gasteiger partial charge in [0, 0.05) is 6.20 Å². The highest BCUT2D eigenvalue weighted by Crippen LogP contribution is 2.23. The van der Waals surface area contributed by atoms with E-state index in [2.05, 4.69) is 30.1 Å². The maximum atomic E-state index is 8.80. The van der Waals surface area contributed by atoms with Crippen LogP contribution in [-0.2, 0) is 0 Å². The van der Waals surface area contributed by atoms with Crippen molar-refractivity contribution >= 4 is 5.57 Å². The summed E-state index contributed by atoms with van der Waals surface area (Å²) in [6.45, 7) is 2.13. The molecule has 0 N–H and O–H groups in total. The van der Waals surface area contributed by atoms with E-state index in [-0.39, 0.29) is 0 Å². The van der Waals surface area contributed by atoms with Gasteiger partial charge in [-0.05, 0) is 37.5 Å². The highest BCUT2D eigenvalue weighted by atomic mass is 14.7. The molecule has 0 aliphatic heterocycles. The van der Waals surface area contributed by atoms with Gasteiger partial charge < -0.3 is 0 Å². The van der Waals surface area contributed by atoms with Crippen LogP contribution in [0.2, 0.25) is 0 Å². The number of aromatic nitrogens is 1. The quantitative estimate of drug-likeness (QED) is 0.692. The third kappa shape index (κ3) is 2.13. The van der Waals surface area contributed by atoms with Crippen LogP contribution < -0.4 is 0 Å². The van der Waals surface area contributed by atoms with Crippen LogP contribution in [0.3, 0.4) is 0 Å². The summed E-state index contributed by atoms with van der Waals surface area (Å²) >= 11 is 0. The smallest absolute Gasteiger partial charge is 0.0992 e. The molecular formula is C13H12N2. The van der Waals surface area contributed by atoms with Crippen LogP contribution >= 0.6 is 0 Å². The second kappa shape index (κ2) is 4.10. The largest absolute Gasteiger partial charge is 0.256 e. The maximum Gasteiger partial charge on any atom is 0.0992 e. The van der Waals surface area contributed by atoms with Crippen LogP contribution in [0.15, 0.2) is 36.1 Å². The van der Waals surface area contributed by atoms with Gasteiger partial charge in [0.25, 0.3) is 0 Å². The monoisotopic (exact) mass is 196 g/mol. The first kappa shape index (κ1) is 9.67. The lowest BCUT2D eigenvalue weighted by Gasteiger charge is -2.09. The van der Waals surface area contributed by atoms with E-state index in [9.17, 15) is 0 Å². The molecule has 0 fully saturated rings. The number of nitriles is 1. The Morgan fingerprint density at radius 2 is 2.33 bits per heavy atom. The number of allylic oxidation sites excluding steroid dienone is 4. The number of hydrogen-bond donors (Lipinski definition) is 0. The molecule has 1 aliphatic rings. The van der Waals surface area contributed by atoms with E-state index in [4.69, 9.17) is 5.26 Å². The third-order valence-electron chi connectivity index (χ3n) is 2.49. The van der Waals surface area contributed by atoms with Crippen LogP contribution in [0, 0.1) is 11.3 Å². The second-order valence-corrected chi connectivity index (χ2v) is 3.73. The average Bonchev–Trinajstić information content (AvgIpc) is 2.29. The summed E-state index contributed by atoms with van der Waals surface area (Å²) in [7, 11) is 0. The van der Waals surface area contributed by atoms with E-state index in [0.717, 1.165) is 24.1 Å². The molecule has 2 rings (SSSR count). The van der Waals surface area contributed by atoms with Crippen molar-refractivity contribution in [2.24, 2.45) is 0 Å². The number of hydrogen-bond acceptors (Lipinski definition) is 2. The molecule has 0 saturated carbocycles. The molecule has 15 heavy (non-hydrogen) atoms. The average molecular weight is 196 g/mol. The van der Waals surface area contributed by atoms with E-state index >= 15 is 0 Å². The van der Waals surface area contributed by atoms with Crippen LogP contribution in [0.5, 0.6) is 0 Å². The van der Waals surface area contributed by atoms with Crippen molar-refractivity contribution < 1.29 is 0 Å². The van der Waals surface area contributed by atoms with Crippen molar-refractivity contribution in [3.05, 3.63) is 47.3 Å². The Morgan fingerprint density at radius 3 is 3.07 bits per heavy atom. The highest BCUT2D eigenvalue weighted by molar-refractivity contribution is 5.73. The van der Waals surface area contributed by atoms with E-state index in [1.54, 1.807) is 12.3 Å². The molecule has 0 unspecified atom stereocenters. The molecule has 0 spiro atoms. The van der Waals surface area contributed by atoms with Gasteiger partial charge in [0.2, 0.25) is 0 Å². The summed E-state index contributed by atoms with van der Waals surface area (Å²) in [6.07, 6.45) is 8.20. The summed E-state index contributed by atoms with van der Waals surface area (Å²) < 4.78 is 0. The minimum absolute atomic E-state index is 0.664. The molecule has 0 atom stereocenters. The molecule has 2 nitrogen and oxygen atoms in total. The first-order valence-corrected chi connectivity index (χ1v) is 5.03. The van der Waals surface area contributed by atoms with Crippen LogP contribution in [0.4, 0.5) is 0 Å².